The van der Waals surface area contributed by atoms with Gasteiger partial charge in [0.1, 0.15) is 12.2 Å². The van der Waals surface area contributed by atoms with Crippen LogP contribution in [-0.2, 0) is 11.3 Å². The van der Waals surface area contributed by atoms with Crippen LogP contribution in [0.4, 0.5) is 4.79 Å². The molecule has 2 aromatic rings. The second kappa shape index (κ2) is 5.87. The van der Waals surface area contributed by atoms with Gasteiger partial charge in [-0.15, -0.1) is 0 Å². The average Bonchev–Trinajstić information content (AvgIpc) is 2.86. The van der Waals surface area contributed by atoms with E-state index in [0.717, 1.165) is 5.56 Å². The number of ether oxygens (including phenoxy) is 1. The van der Waals surface area contributed by atoms with Crippen molar-refractivity contribution in [2.75, 3.05) is 6.61 Å². The van der Waals surface area contributed by atoms with Gasteiger partial charge in [0.15, 0.2) is 0 Å². The zero-order valence-electron chi connectivity index (χ0n) is 10.6. The molecule has 104 valence electrons. The van der Waals surface area contributed by atoms with Gasteiger partial charge in [0, 0.05) is 12.7 Å². The SMILES string of the molecule is C=CCOC(=O)NCc1ccn2ncc(C(=O)O)c2c1. The quantitative estimate of drug-likeness (QED) is 0.805. The molecule has 0 fully saturated rings. The van der Waals surface area contributed by atoms with Crippen LogP contribution < -0.4 is 5.32 Å². The summed E-state index contributed by atoms with van der Waals surface area (Å²) in [5, 5.41) is 15.5. The maximum absolute atomic E-state index is 11.3. The first-order valence-electron chi connectivity index (χ1n) is 5.83. The summed E-state index contributed by atoms with van der Waals surface area (Å²) in [7, 11) is 0. The second-order valence-corrected chi connectivity index (χ2v) is 3.97. The monoisotopic (exact) mass is 275 g/mol. The molecule has 0 unspecified atom stereocenters. The van der Waals surface area contributed by atoms with Crippen LogP contribution in [0, 0.1) is 0 Å². The number of aromatic carboxylic acids is 1. The molecule has 2 rings (SSSR count). The molecule has 2 heterocycles. The van der Waals surface area contributed by atoms with Gasteiger partial charge in [-0.25, -0.2) is 14.1 Å². The minimum atomic E-state index is -1.05. The van der Waals surface area contributed by atoms with E-state index < -0.39 is 12.1 Å². The van der Waals surface area contributed by atoms with Crippen molar-refractivity contribution < 1.29 is 19.4 Å². The minimum Gasteiger partial charge on any atom is -0.478 e. The van der Waals surface area contributed by atoms with Crippen LogP contribution in [0.15, 0.2) is 37.2 Å². The fourth-order valence-corrected chi connectivity index (χ4v) is 1.66. The zero-order chi connectivity index (χ0) is 14.5. The third kappa shape index (κ3) is 2.94. The number of nitrogens with zero attached hydrogens (tertiary/aromatic N) is 2. The number of carboxylic acid groups (broad SMARTS) is 1. The summed E-state index contributed by atoms with van der Waals surface area (Å²) in [5.41, 5.74) is 1.33. The van der Waals surface area contributed by atoms with Gasteiger partial charge in [0.2, 0.25) is 0 Å². The highest BCUT2D eigenvalue weighted by Gasteiger charge is 2.11. The molecule has 7 nitrogen and oxygen atoms in total. The molecule has 0 atom stereocenters. The average molecular weight is 275 g/mol. The number of pyridine rings is 1. The summed E-state index contributed by atoms with van der Waals surface area (Å²) in [5.74, 6) is -1.05. The molecule has 20 heavy (non-hydrogen) atoms. The molecule has 1 amide bonds. The van der Waals surface area contributed by atoms with Crippen LogP contribution in [0.1, 0.15) is 15.9 Å². The van der Waals surface area contributed by atoms with Gasteiger partial charge in [-0.05, 0) is 17.7 Å². The largest absolute Gasteiger partial charge is 0.478 e. The Kier molecular flexibility index (Phi) is 3.99. The fraction of sp³-hybridized carbons (Fsp3) is 0.154. The maximum atomic E-state index is 11.3. The lowest BCUT2D eigenvalue weighted by molar-refractivity contribution is 0.0699. The number of hydrogen-bond donors (Lipinski definition) is 2. The smallest absolute Gasteiger partial charge is 0.407 e. The van der Waals surface area contributed by atoms with E-state index in [0.29, 0.717) is 5.52 Å². The summed E-state index contributed by atoms with van der Waals surface area (Å²) in [6.07, 6.45) is 3.83. The Morgan fingerprint density at radius 3 is 3.05 bits per heavy atom. The van der Waals surface area contributed by atoms with E-state index in [1.54, 1.807) is 18.3 Å². The molecule has 2 aromatic heterocycles. The van der Waals surface area contributed by atoms with E-state index >= 15 is 0 Å². The van der Waals surface area contributed by atoms with E-state index in [2.05, 4.69) is 17.0 Å². The summed E-state index contributed by atoms with van der Waals surface area (Å²) < 4.78 is 6.23. The first-order chi connectivity index (χ1) is 9.61. The van der Waals surface area contributed by atoms with Gasteiger partial charge >= 0.3 is 12.1 Å². The Morgan fingerprint density at radius 1 is 1.55 bits per heavy atom. The van der Waals surface area contributed by atoms with Crippen LogP contribution in [0.25, 0.3) is 5.52 Å². The Morgan fingerprint density at radius 2 is 2.35 bits per heavy atom. The number of carbonyl (C=O) groups is 2. The number of fused-ring (bicyclic) bond motifs is 1. The lowest BCUT2D eigenvalue weighted by atomic mass is 10.2. The third-order valence-electron chi connectivity index (χ3n) is 2.59. The van der Waals surface area contributed by atoms with Gasteiger partial charge in [0.05, 0.1) is 11.7 Å². The lowest BCUT2D eigenvalue weighted by Gasteiger charge is -2.06. The number of alkyl carbamates (subject to hydrolysis) is 1. The Balaban J connectivity index is 2.11. The molecular formula is C13H13N3O4. The van der Waals surface area contributed by atoms with Crippen LogP contribution in [0.2, 0.25) is 0 Å². The number of amides is 1. The molecule has 2 N–H and O–H groups in total. The predicted molar refractivity (Wildman–Crippen MR) is 70.5 cm³/mol. The molecule has 0 saturated carbocycles. The maximum Gasteiger partial charge on any atom is 0.407 e. The van der Waals surface area contributed by atoms with Crippen LogP contribution in [0.3, 0.4) is 0 Å². The van der Waals surface area contributed by atoms with Crippen molar-refractivity contribution in [1.29, 1.82) is 0 Å². The number of carbonyl (C=O) groups excluding carboxylic acids is 1. The summed E-state index contributed by atoms with van der Waals surface area (Å²) >= 11 is 0. The first-order valence-corrected chi connectivity index (χ1v) is 5.83. The van der Waals surface area contributed by atoms with Crippen molar-refractivity contribution in [2.24, 2.45) is 0 Å². The standard InChI is InChI=1S/C13H13N3O4/c1-2-5-20-13(19)14-7-9-3-4-16-11(6-9)10(8-15-16)12(17)18/h2-4,6,8H,1,5,7H2,(H,14,19)(H,17,18). The summed E-state index contributed by atoms with van der Waals surface area (Å²) in [6, 6.07) is 3.39. The van der Waals surface area contributed by atoms with Crippen molar-refractivity contribution in [1.82, 2.24) is 14.9 Å². The number of carboxylic acids is 1. The number of nitrogens with one attached hydrogen (secondary N) is 1. The molecule has 0 aliphatic rings. The van der Waals surface area contributed by atoms with Crippen molar-refractivity contribution in [2.45, 2.75) is 6.54 Å². The normalized spacial score (nSPS) is 10.2. The Labute approximate surface area is 114 Å². The van der Waals surface area contributed by atoms with Crippen LogP contribution >= 0.6 is 0 Å². The van der Waals surface area contributed by atoms with E-state index in [1.165, 1.54) is 16.8 Å². The number of hydrogen-bond acceptors (Lipinski definition) is 4. The van der Waals surface area contributed by atoms with E-state index in [4.69, 9.17) is 9.84 Å². The molecule has 0 bridgehead atoms. The third-order valence-corrected chi connectivity index (χ3v) is 2.59. The molecule has 0 spiro atoms. The van der Waals surface area contributed by atoms with E-state index in [-0.39, 0.29) is 18.7 Å². The second-order valence-electron chi connectivity index (χ2n) is 3.97. The van der Waals surface area contributed by atoms with Gasteiger partial charge in [-0.1, -0.05) is 12.7 Å². The fourth-order valence-electron chi connectivity index (χ4n) is 1.66. The number of rotatable bonds is 5. The van der Waals surface area contributed by atoms with E-state index in [9.17, 15) is 9.59 Å². The highest BCUT2D eigenvalue weighted by atomic mass is 16.5. The molecule has 0 aliphatic carbocycles. The zero-order valence-corrected chi connectivity index (χ0v) is 10.6. The summed E-state index contributed by atoms with van der Waals surface area (Å²) in [6.45, 7) is 3.80. The highest BCUT2D eigenvalue weighted by molar-refractivity contribution is 5.95. The minimum absolute atomic E-state index is 0.112. The van der Waals surface area contributed by atoms with Gasteiger partial charge in [-0.3, -0.25) is 0 Å². The van der Waals surface area contributed by atoms with Crippen molar-refractivity contribution in [3.8, 4) is 0 Å². The molecule has 7 heteroatoms. The lowest BCUT2D eigenvalue weighted by Crippen LogP contribution is -2.23. The van der Waals surface area contributed by atoms with Crippen molar-refractivity contribution in [3.05, 3.63) is 48.3 Å². The topological polar surface area (TPSA) is 92.9 Å². The Hall–Kier alpha value is -2.83. The molecule has 0 radical (unpaired) electrons. The van der Waals surface area contributed by atoms with Crippen LogP contribution in [0.5, 0.6) is 0 Å². The molecule has 0 saturated heterocycles. The van der Waals surface area contributed by atoms with Gasteiger partial charge < -0.3 is 15.2 Å². The van der Waals surface area contributed by atoms with Crippen molar-refractivity contribution in [3.63, 3.8) is 0 Å². The van der Waals surface area contributed by atoms with E-state index in [1.807, 2.05) is 0 Å². The molecular weight excluding hydrogens is 262 g/mol. The molecule has 0 aliphatic heterocycles. The van der Waals surface area contributed by atoms with Gasteiger partial charge in [0.25, 0.3) is 0 Å². The summed E-state index contributed by atoms with van der Waals surface area (Å²) in [4.78, 5) is 22.3. The van der Waals surface area contributed by atoms with Gasteiger partial charge in [-0.2, -0.15) is 5.10 Å². The number of aromatic nitrogens is 2. The first kappa shape index (κ1) is 13.6. The Bertz CT molecular complexity index is 663. The van der Waals surface area contributed by atoms with Crippen LogP contribution in [-0.4, -0.2) is 33.4 Å². The molecule has 0 aromatic carbocycles. The van der Waals surface area contributed by atoms with Crippen molar-refractivity contribution >= 4 is 17.6 Å². The highest BCUT2D eigenvalue weighted by Crippen LogP contribution is 2.12. The predicted octanol–water partition coefficient (Wildman–Crippen LogP) is 1.44.